The van der Waals surface area contributed by atoms with Gasteiger partial charge in [-0.3, -0.25) is 9.67 Å². The predicted molar refractivity (Wildman–Crippen MR) is 88.0 cm³/mol. The first-order valence-corrected chi connectivity index (χ1v) is 7.93. The zero-order valence-corrected chi connectivity index (χ0v) is 12.9. The van der Waals surface area contributed by atoms with Crippen molar-refractivity contribution < 1.29 is 4.74 Å². The van der Waals surface area contributed by atoms with Crippen LogP contribution in [0.15, 0.2) is 41.4 Å². The molecule has 4 rings (SSSR count). The van der Waals surface area contributed by atoms with Gasteiger partial charge in [-0.2, -0.15) is 16.4 Å². The molecule has 0 spiro atoms. The Morgan fingerprint density at radius 2 is 2.18 bits per heavy atom. The van der Waals surface area contributed by atoms with Gasteiger partial charge in [0.25, 0.3) is 0 Å². The summed E-state index contributed by atoms with van der Waals surface area (Å²) in [6.07, 6.45) is 3.68. The summed E-state index contributed by atoms with van der Waals surface area (Å²) in [7, 11) is 1.69. The van der Waals surface area contributed by atoms with Crippen molar-refractivity contribution in [3.8, 4) is 11.3 Å². The number of benzene rings is 1. The molecule has 5 nitrogen and oxygen atoms in total. The van der Waals surface area contributed by atoms with E-state index in [1.54, 1.807) is 18.4 Å². The van der Waals surface area contributed by atoms with Crippen molar-refractivity contribution in [3.05, 3.63) is 41.4 Å². The summed E-state index contributed by atoms with van der Waals surface area (Å²) in [6.45, 7) is 1.36. The lowest BCUT2D eigenvalue weighted by Gasteiger charge is -2.04. The highest BCUT2D eigenvalue weighted by Gasteiger charge is 2.08. The molecule has 0 atom stereocenters. The smallest absolute Gasteiger partial charge is 0.0916 e. The van der Waals surface area contributed by atoms with Gasteiger partial charge in [-0.1, -0.05) is 0 Å². The Morgan fingerprint density at radius 3 is 3.00 bits per heavy atom. The highest BCUT2D eigenvalue weighted by molar-refractivity contribution is 7.08. The Hall–Kier alpha value is -2.31. The van der Waals surface area contributed by atoms with E-state index in [0.29, 0.717) is 6.61 Å². The van der Waals surface area contributed by atoms with Crippen LogP contribution in [0.4, 0.5) is 0 Å². The third-order valence-corrected chi connectivity index (χ3v) is 4.31. The zero-order valence-electron chi connectivity index (χ0n) is 12.1. The van der Waals surface area contributed by atoms with Crippen molar-refractivity contribution in [1.29, 1.82) is 0 Å². The molecule has 0 unspecified atom stereocenters. The van der Waals surface area contributed by atoms with E-state index >= 15 is 0 Å². The summed E-state index contributed by atoms with van der Waals surface area (Å²) in [5, 5.41) is 9.61. The van der Waals surface area contributed by atoms with Gasteiger partial charge in [0.15, 0.2) is 0 Å². The maximum Gasteiger partial charge on any atom is 0.0916 e. The molecule has 0 saturated carbocycles. The quantitative estimate of drug-likeness (QED) is 0.580. The molecule has 0 aliphatic heterocycles. The summed E-state index contributed by atoms with van der Waals surface area (Å²) in [5.41, 5.74) is 4.83. The lowest BCUT2D eigenvalue weighted by molar-refractivity contribution is 0.185. The number of hydrogen-bond acceptors (Lipinski definition) is 5. The van der Waals surface area contributed by atoms with Crippen LogP contribution in [0.3, 0.4) is 0 Å². The summed E-state index contributed by atoms with van der Waals surface area (Å²) >= 11 is 1.66. The first-order chi connectivity index (χ1) is 10.8. The van der Waals surface area contributed by atoms with Crippen LogP contribution in [0.2, 0.25) is 0 Å². The van der Waals surface area contributed by atoms with E-state index in [4.69, 9.17) is 9.72 Å². The number of rotatable bonds is 4. The van der Waals surface area contributed by atoms with Crippen molar-refractivity contribution in [1.82, 2.24) is 19.7 Å². The van der Waals surface area contributed by atoms with Gasteiger partial charge in [0.2, 0.25) is 0 Å². The van der Waals surface area contributed by atoms with Gasteiger partial charge >= 0.3 is 0 Å². The van der Waals surface area contributed by atoms with Gasteiger partial charge < -0.3 is 4.74 Å². The predicted octanol–water partition coefficient (Wildman–Crippen LogP) is 3.35. The van der Waals surface area contributed by atoms with Gasteiger partial charge in [-0.25, -0.2) is 4.98 Å². The van der Waals surface area contributed by atoms with E-state index < -0.39 is 0 Å². The van der Waals surface area contributed by atoms with E-state index in [2.05, 4.69) is 27.6 Å². The van der Waals surface area contributed by atoms with Crippen molar-refractivity contribution in [3.63, 3.8) is 0 Å². The Labute approximate surface area is 131 Å². The molecule has 0 bridgehead atoms. The molecule has 22 heavy (non-hydrogen) atoms. The monoisotopic (exact) mass is 310 g/mol. The molecule has 4 aromatic rings. The Balaban J connectivity index is 1.86. The molecule has 0 N–H and O–H groups in total. The van der Waals surface area contributed by atoms with Crippen molar-refractivity contribution in [2.75, 3.05) is 13.7 Å². The summed E-state index contributed by atoms with van der Waals surface area (Å²) in [4.78, 5) is 9.28. The highest BCUT2D eigenvalue weighted by atomic mass is 32.1. The largest absolute Gasteiger partial charge is 0.383 e. The number of aromatic nitrogens is 4. The lowest BCUT2D eigenvalue weighted by atomic mass is 10.2. The molecule has 0 radical (unpaired) electrons. The Bertz CT molecular complexity index is 930. The number of methoxy groups -OCH3 is 1. The molecular formula is C16H14N4OS. The summed E-state index contributed by atoms with van der Waals surface area (Å²) < 4.78 is 7.07. The van der Waals surface area contributed by atoms with Crippen molar-refractivity contribution in [2.45, 2.75) is 6.54 Å². The Kier molecular flexibility index (Phi) is 3.32. The SMILES string of the molecule is COCCn1ncc2cc3ncc(-c4ccsc4)nc3cc21. The molecule has 110 valence electrons. The second-order valence-corrected chi connectivity index (χ2v) is 5.81. The minimum absolute atomic E-state index is 0.634. The number of fused-ring (bicyclic) bond motifs is 2. The molecular weight excluding hydrogens is 296 g/mol. The maximum absolute atomic E-state index is 5.13. The van der Waals surface area contributed by atoms with Gasteiger partial charge in [-0.05, 0) is 23.6 Å². The van der Waals surface area contributed by atoms with Crippen LogP contribution >= 0.6 is 11.3 Å². The lowest BCUT2D eigenvalue weighted by Crippen LogP contribution is -2.05. The van der Waals surface area contributed by atoms with Crippen LogP contribution in [-0.2, 0) is 11.3 Å². The standard InChI is InChI=1S/C16H14N4OS/c1-21-4-3-20-16-7-14-13(6-12(16)8-18-20)17-9-15(19-14)11-2-5-22-10-11/h2,5-10H,3-4H2,1H3. The normalized spacial score (nSPS) is 11.5. The van der Waals surface area contributed by atoms with Gasteiger partial charge in [0, 0.05) is 23.4 Å². The van der Waals surface area contributed by atoms with Crippen LogP contribution in [0.5, 0.6) is 0 Å². The molecule has 0 fully saturated rings. The topological polar surface area (TPSA) is 52.8 Å². The van der Waals surface area contributed by atoms with Gasteiger partial charge in [0.1, 0.15) is 0 Å². The fourth-order valence-electron chi connectivity index (χ4n) is 2.49. The Morgan fingerprint density at radius 1 is 1.23 bits per heavy atom. The molecule has 0 aliphatic rings. The zero-order chi connectivity index (χ0) is 14.9. The van der Waals surface area contributed by atoms with Crippen LogP contribution < -0.4 is 0 Å². The molecule has 6 heteroatoms. The maximum atomic E-state index is 5.13. The number of ether oxygens (including phenoxy) is 1. The van der Waals surface area contributed by atoms with Crippen LogP contribution in [0, 0.1) is 0 Å². The highest BCUT2D eigenvalue weighted by Crippen LogP contribution is 2.24. The number of nitrogens with zero attached hydrogens (tertiary/aromatic N) is 4. The molecule has 3 heterocycles. The fraction of sp³-hybridized carbons (Fsp3) is 0.188. The molecule has 3 aromatic heterocycles. The van der Waals surface area contributed by atoms with Crippen LogP contribution in [0.25, 0.3) is 33.2 Å². The second kappa shape index (κ2) is 5.47. The second-order valence-electron chi connectivity index (χ2n) is 5.03. The summed E-state index contributed by atoms with van der Waals surface area (Å²) in [5.74, 6) is 0. The van der Waals surface area contributed by atoms with E-state index in [9.17, 15) is 0 Å². The number of thiophene rings is 1. The molecule has 0 aliphatic carbocycles. The van der Waals surface area contributed by atoms with Crippen molar-refractivity contribution in [2.24, 2.45) is 0 Å². The fourth-order valence-corrected chi connectivity index (χ4v) is 3.14. The van der Waals surface area contributed by atoms with Gasteiger partial charge in [0.05, 0.1) is 47.8 Å². The minimum atomic E-state index is 0.634. The van der Waals surface area contributed by atoms with E-state index in [-0.39, 0.29) is 0 Å². The van der Waals surface area contributed by atoms with Crippen molar-refractivity contribution >= 4 is 33.3 Å². The van der Waals surface area contributed by atoms with E-state index in [1.165, 1.54) is 0 Å². The molecule has 1 aromatic carbocycles. The van der Waals surface area contributed by atoms with E-state index in [0.717, 1.165) is 39.7 Å². The van der Waals surface area contributed by atoms with Crippen LogP contribution in [0.1, 0.15) is 0 Å². The van der Waals surface area contributed by atoms with Crippen LogP contribution in [-0.4, -0.2) is 33.5 Å². The minimum Gasteiger partial charge on any atom is -0.383 e. The van der Waals surface area contributed by atoms with Gasteiger partial charge in [-0.15, -0.1) is 0 Å². The third kappa shape index (κ3) is 2.26. The average Bonchev–Trinajstić information content (AvgIpc) is 3.20. The van der Waals surface area contributed by atoms with E-state index in [1.807, 2.05) is 28.5 Å². The first-order valence-electron chi connectivity index (χ1n) is 6.99. The molecule has 0 saturated heterocycles. The number of hydrogen-bond donors (Lipinski definition) is 0. The average molecular weight is 310 g/mol. The summed E-state index contributed by atoms with van der Waals surface area (Å²) in [6, 6.07) is 6.14. The third-order valence-electron chi connectivity index (χ3n) is 3.63. The molecule has 0 amide bonds. The first kappa shape index (κ1) is 13.4.